The second kappa shape index (κ2) is 4.49. The summed E-state index contributed by atoms with van der Waals surface area (Å²) in [7, 11) is 0. The Hall–Kier alpha value is -1.36. The van der Waals surface area contributed by atoms with E-state index in [1.54, 1.807) is 0 Å². The first kappa shape index (κ1) is 12.1. The van der Waals surface area contributed by atoms with Crippen molar-refractivity contribution in [1.29, 1.82) is 0 Å². The molecule has 0 saturated heterocycles. The van der Waals surface area contributed by atoms with Gasteiger partial charge in [0.15, 0.2) is 0 Å². The van der Waals surface area contributed by atoms with Crippen LogP contribution in [-0.4, -0.2) is 21.2 Å². The lowest BCUT2D eigenvalue weighted by Crippen LogP contribution is -2.54. The van der Waals surface area contributed by atoms with Crippen molar-refractivity contribution in [2.24, 2.45) is 17.4 Å². The summed E-state index contributed by atoms with van der Waals surface area (Å²) in [5.41, 5.74) is 11.9. The van der Waals surface area contributed by atoms with Crippen molar-refractivity contribution < 1.29 is 4.79 Å². The minimum Gasteiger partial charge on any atom is -0.368 e. The lowest BCUT2D eigenvalue weighted by Gasteiger charge is -2.27. The van der Waals surface area contributed by atoms with Crippen molar-refractivity contribution in [3.63, 3.8) is 0 Å². The predicted octanol–water partition coefficient (Wildman–Crippen LogP) is 0.565. The second-order valence-corrected chi connectivity index (χ2v) is 5.06. The molecule has 1 aliphatic rings. The molecule has 0 radical (unpaired) electrons. The van der Waals surface area contributed by atoms with Gasteiger partial charge < -0.3 is 11.5 Å². The summed E-state index contributed by atoms with van der Waals surface area (Å²) in [5, 5.41) is 4.23. The molecule has 0 aliphatic heterocycles. The van der Waals surface area contributed by atoms with E-state index in [1.807, 2.05) is 24.0 Å². The predicted molar refractivity (Wildman–Crippen MR) is 65.0 cm³/mol. The number of aryl methyl sites for hydroxylation is 2. The quantitative estimate of drug-likeness (QED) is 0.801. The molecule has 94 valence electrons. The molecule has 1 fully saturated rings. The maximum absolute atomic E-state index is 11.4. The summed E-state index contributed by atoms with van der Waals surface area (Å²) in [6.07, 6.45) is 7.38. The smallest absolute Gasteiger partial charge is 0.237 e. The van der Waals surface area contributed by atoms with Crippen molar-refractivity contribution in [2.75, 3.05) is 0 Å². The third-order valence-corrected chi connectivity index (χ3v) is 3.80. The fourth-order valence-electron chi connectivity index (χ4n) is 2.71. The molecule has 0 bridgehead atoms. The van der Waals surface area contributed by atoms with Gasteiger partial charge in [0, 0.05) is 12.7 Å². The average molecular weight is 236 g/mol. The number of rotatable bonds is 4. The Balaban J connectivity index is 1.97. The van der Waals surface area contributed by atoms with Gasteiger partial charge in [0.25, 0.3) is 0 Å². The zero-order valence-electron chi connectivity index (χ0n) is 10.2. The Labute approximate surface area is 101 Å². The number of primary amides is 1. The SMILES string of the molecule is Cc1cnn(CCC2CCCC2(N)C(N)=O)c1. The van der Waals surface area contributed by atoms with Crippen molar-refractivity contribution in [2.45, 2.75) is 44.7 Å². The number of aromatic nitrogens is 2. The maximum Gasteiger partial charge on any atom is 0.237 e. The molecule has 1 heterocycles. The number of hydrogen-bond acceptors (Lipinski definition) is 3. The van der Waals surface area contributed by atoms with Crippen LogP contribution in [0.4, 0.5) is 0 Å². The van der Waals surface area contributed by atoms with E-state index in [4.69, 9.17) is 11.5 Å². The monoisotopic (exact) mass is 236 g/mol. The van der Waals surface area contributed by atoms with Gasteiger partial charge in [0.05, 0.1) is 11.7 Å². The van der Waals surface area contributed by atoms with Gasteiger partial charge in [-0.3, -0.25) is 9.48 Å². The summed E-state index contributed by atoms with van der Waals surface area (Å²) in [5.74, 6) is -0.179. The molecule has 5 heteroatoms. The van der Waals surface area contributed by atoms with E-state index < -0.39 is 5.54 Å². The number of amides is 1. The maximum atomic E-state index is 11.4. The summed E-state index contributed by atoms with van der Waals surface area (Å²) in [6.45, 7) is 2.81. The summed E-state index contributed by atoms with van der Waals surface area (Å²) >= 11 is 0. The third-order valence-electron chi connectivity index (χ3n) is 3.80. The number of nitrogens with zero attached hydrogens (tertiary/aromatic N) is 2. The first-order valence-electron chi connectivity index (χ1n) is 6.10. The van der Waals surface area contributed by atoms with Crippen molar-refractivity contribution >= 4 is 5.91 Å². The molecule has 1 aromatic heterocycles. The molecular formula is C12H20N4O. The van der Waals surface area contributed by atoms with Crippen LogP contribution in [0.5, 0.6) is 0 Å². The highest BCUT2D eigenvalue weighted by Crippen LogP contribution is 2.36. The highest BCUT2D eigenvalue weighted by atomic mass is 16.1. The second-order valence-electron chi connectivity index (χ2n) is 5.06. The van der Waals surface area contributed by atoms with Crippen molar-refractivity contribution in [1.82, 2.24) is 9.78 Å². The molecule has 0 spiro atoms. The summed E-state index contributed by atoms with van der Waals surface area (Å²) < 4.78 is 1.90. The Morgan fingerprint density at radius 2 is 2.47 bits per heavy atom. The van der Waals surface area contributed by atoms with Gasteiger partial charge in [0.2, 0.25) is 5.91 Å². The summed E-state index contributed by atoms with van der Waals surface area (Å²) in [4.78, 5) is 11.4. The van der Waals surface area contributed by atoms with Gasteiger partial charge in [-0.2, -0.15) is 5.10 Å². The lowest BCUT2D eigenvalue weighted by molar-refractivity contribution is -0.124. The lowest BCUT2D eigenvalue weighted by atomic mass is 9.85. The van der Waals surface area contributed by atoms with Gasteiger partial charge in [-0.15, -0.1) is 0 Å². The standard InChI is InChI=1S/C12H20N4O/c1-9-7-15-16(8-9)6-4-10-3-2-5-12(10,14)11(13)17/h7-8,10H,2-6,14H2,1H3,(H2,13,17). The van der Waals surface area contributed by atoms with Crippen LogP contribution in [0.25, 0.3) is 0 Å². The Morgan fingerprint density at radius 1 is 1.71 bits per heavy atom. The van der Waals surface area contributed by atoms with E-state index in [1.165, 1.54) is 0 Å². The Kier molecular flexibility index (Phi) is 3.19. The normalized spacial score (nSPS) is 28.5. The number of hydrogen-bond donors (Lipinski definition) is 2. The third kappa shape index (κ3) is 2.34. The highest BCUT2D eigenvalue weighted by molar-refractivity contribution is 5.85. The van der Waals surface area contributed by atoms with Crippen LogP contribution in [0.15, 0.2) is 12.4 Å². The molecule has 1 saturated carbocycles. The van der Waals surface area contributed by atoms with Gasteiger partial charge >= 0.3 is 0 Å². The van der Waals surface area contributed by atoms with Crippen LogP contribution >= 0.6 is 0 Å². The van der Waals surface area contributed by atoms with E-state index in [0.717, 1.165) is 31.4 Å². The van der Waals surface area contributed by atoms with E-state index >= 15 is 0 Å². The zero-order chi connectivity index (χ0) is 12.5. The van der Waals surface area contributed by atoms with Gasteiger partial charge in [-0.25, -0.2) is 0 Å². The Morgan fingerprint density at radius 3 is 3.06 bits per heavy atom. The molecular weight excluding hydrogens is 216 g/mol. The molecule has 4 N–H and O–H groups in total. The summed E-state index contributed by atoms with van der Waals surface area (Å²) in [6, 6.07) is 0. The molecule has 0 aromatic carbocycles. The van der Waals surface area contributed by atoms with E-state index in [0.29, 0.717) is 6.42 Å². The average Bonchev–Trinajstić information content (AvgIpc) is 2.83. The molecule has 1 amide bonds. The minimum atomic E-state index is -0.803. The van der Waals surface area contributed by atoms with Crippen LogP contribution in [-0.2, 0) is 11.3 Å². The van der Waals surface area contributed by atoms with E-state index in [-0.39, 0.29) is 11.8 Å². The highest BCUT2D eigenvalue weighted by Gasteiger charge is 2.43. The number of carbonyl (C=O) groups is 1. The van der Waals surface area contributed by atoms with Crippen LogP contribution < -0.4 is 11.5 Å². The molecule has 2 atom stereocenters. The molecule has 2 rings (SSSR count). The molecule has 2 unspecified atom stereocenters. The zero-order valence-corrected chi connectivity index (χ0v) is 10.2. The van der Waals surface area contributed by atoms with Crippen LogP contribution in [0.2, 0.25) is 0 Å². The largest absolute Gasteiger partial charge is 0.368 e. The van der Waals surface area contributed by atoms with Crippen molar-refractivity contribution in [3.05, 3.63) is 18.0 Å². The van der Waals surface area contributed by atoms with Crippen LogP contribution in [0, 0.1) is 12.8 Å². The topological polar surface area (TPSA) is 86.9 Å². The molecule has 5 nitrogen and oxygen atoms in total. The minimum absolute atomic E-state index is 0.185. The van der Waals surface area contributed by atoms with E-state index in [2.05, 4.69) is 5.10 Å². The van der Waals surface area contributed by atoms with Crippen LogP contribution in [0.1, 0.15) is 31.2 Å². The van der Waals surface area contributed by atoms with Gasteiger partial charge in [-0.05, 0) is 37.7 Å². The van der Waals surface area contributed by atoms with Gasteiger partial charge in [-0.1, -0.05) is 6.42 Å². The van der Waals surface area contributed by atoms with Gasteiger partial charge in [0.1, 0.15) is 0 Å². The number of nitrogens with two attached hydrogens (primary N) is 2. The fourth-order valence-corrected chi connectivity index (χ4v) is 2.71. The number of carbonyl (C=O) groups excluding carboxylic acids is 1. The fraction of sp³-hybridized carbons (Fsp3) is 0.667. The first-order chi connectivity index (χ1) is 8.02. The Bertz CT molecular complexity index is 414. The van der Waals surface area contributed by atoms with Crippen LogP contribution in [0.3, 0.4) is 0 Å². The molecule has 17 heavy (non-hydrogen) atoms. The molecule has 1 aliphatic carbocycles. The van der Waals surface area contributed by atoms with E-state index in [9.17, 15) is 4.79 Å². The molecule has 1 aromatic rings. The van der Waals surface area contributed by atoms with Crippen molar-refractivity contribution in [3.8, 4) is 0 Å². The first-order valence-corrected chi connectivity index (χ1v) is 6.10.